The molecule has 0 unspecified atom stereocenters. The van der Waals surface area contributed by atoms with Crippen LogP contribution in [0.3, 0.4) is 0 Å². The summed E-state index contributed by atoms with van der Waals surface area (Å²) in [5, 5.41) is 12.5. The van der Waals surface area contributed by atoms with E-state index in [0.29, 0.717) is 18.1 Å². The molecule has 32 heavy (non-hydrogen) atoms. The third-order valence-electron chi connectivity index (χ3n) is 6.06. The van der Waals surface area contributed by atoms with Crippen molar-refractivity contribution in [1.29, 1.82) is 0 Å². The first-order valence-electron chi connectivity index (χ1n) is 10.8. The number of fused-ring (bicyclic) bond motifs is 1. The van der Waals surface area contributed by atoms with E-state index in [-0.39, 0.29) is 6.04 Å². The summed E-state index contributed by atoms with van der Waals surface area (Å²) in [5.41, 5.74) is 10.7. The average Bonchev–Trinajstić information content (AvgIpc) is 3.42. The molecule has 1 aliphatic rings. The summed E-state index contributed by atoms with van der Waals surface area (Å²) in [6.45, 7) is 4.52. The number of aromatic nitrogens is 4. The van der Waals surface area contributed by atoms with Gasteiger partial charge in [-0.05, 0) is 56.6 Å². The second kappa shape index (κ2) is 8.51. The molecule has 4 N–H and O–H groups in total. The highest BCUT2D eigenvalue weighted by Crippen LogP contribution is 2.37. The number of benzene rings is 1. The molecule has 1 aliphatic heterocycles. The lowest BCUT2D eigenvalue weighted by atomic mass is 10.1. The fourth-order valence-electron chi connectivity index (χ4n) is 4.25. The van der Waals surface area contributed by atoms with Crippen LogP contribution in [0.1, 0.15) is 30.2 Å². The van der Waals surface area contributed by atoms with E-state index >= 15 is 0 Å². The van der Waals surface area contributed by atoms with Crippen LogP contribution < -0.4 is 21.1 Å². The largest absolute Gasteiger partial charge is 0.495 e. The number of methoxy groups -OCH3 is 1. The van der Waals surface area contributed by atoms with Gasteiger partial charge in [-0.2, -0.15) is 5.10 Å². The number of hydrogen-bond acceptors (Lipinski definition) is 8. The Labute approximate surface area is 186 Å². The molecule has 9 nitrogen and oxygen atoms in total. The Bertz CT molecular complexity index is 1240. The third-order valence-corrected chi connectivity index (χ3v) is 6.06. The van der Waals surface area contributed by atoms with Crippen molar-refractivity contribution in [2.75, 3.05) is 31.2 Å². The Hall–Kier alpha value is -3.59. The van der Waals surface area contributed by atoms with Gasteiger partial charge in [-0.1, -0.05) is 6.07 Å². The first kappa shape index (κ1) is 20.3. The first-order chi connectivity index (χ1) is 15.7. The standard InChI is InChI=1S/C23H27N7O2/c1-14-7-10-32-19(14)12-26-17-4-3-15(11-18(17)31-2)21-20-22(24)27-13-28-23(20)30(29-21)16-5-8-25-9-6-16/h3-4,7,10-11,13,16,25-26H,5-6,8-9,12H2,1-2H3,(H2,24,27,28). The number of anilines is 2. The third kappa shape index (κ3) is 3.64. The van der Waals surface area contributed by atoms with Crippen molar-refractivity contribution in [3.63, 3.8) is 0 Å². The lowest BCUT2D eigenvalue weighted by molar-refractivity contribution is 0.350. The molecule has 5 rings (SSSR count). The Morgan fingerprint density at radius 1 is 1.25 bits per heavy atom. The highest BCUT2D eigenvalue weighted by atomic mass is 16.5. The van der Waals surface area contributed by atoms with E-state index in [1.807, 2.05) is 35.9 Å². The normalized spacial score (nSPS) is 14.7. The van der Waals surface area contributed by atoms with Crippen LogP contribution in [0, 0.1) is 6.92 Å². The summed E-state index contributed by atoms with van der Waals surface area (Å²) in [5.74, 6) is 2.04. The van der Waals surface area contributed by atoms with Crippen molar-refractivity contribution in [3.05, 3.63) is 48.2 Å². The van der Waals surface area contributed by atoms with Crippen LogP contribution in [0.25, 0.3) is 22.3 Å². The molecule has 1 saturated heterocycles. The molecule has 4 aromatic rings. The Kier molecular flexibility index (Phi) is 5.40. The molecule has 4 heterocycles. The molecule has 3 aromatic heterocycles. The van der Waals surface area contributed by atoms with E-state index in [4.69, 9.17) is 20.0 Å². The van der Waals surface area contributed by atoms with Gasteiger partial charge in [0.2, 0.25) is 0 Å². The summed E-state index contributed by atoms with van der Waals surface area (Å²) in [6, 6.07) is 8.20. The van der Waals surface area contributed by atoms with Crippen molar-refractivity contribution in [2.24, 2.45) is 0 Å². The number of nitrogens with one attached hydrogen (secondary N) is 2. The van der Waals surface area contributed by atoms with E-state index in [2.05, 4.69) is 20.6 Å². The van der Waals surface area contributed by atoms with Gasteiger partial charge >= 0.3 is 0 Å². The van der Waals surface area contributed by atoms with Gasteiger partial charge in [0.05, 0.1) is 37.0 Å². The molecule has 9 heteroatoms. The SMILES string of the molecule is COc1cc(-c2nn(C3CCNCC3)c3ncnc(N)c23)ccc1NCc1occc1C. The predicted molar refractivity (Wildman–Crippen MR) is 124 cm³/mol. The van der Waals surface area contributed by atoms with Crippen molar-refractivity contribution < 1.29 is 9.15 Å². The molecule has 1 fully saturated rings. The fourth-order valence-corrected chi connectivity index (χ4v) is 4.25. The molecule has 1 aromatic carbocycles. The van der Waals surface area contributed by atoms with Crippen molar-refractivity contribution in [3.8, 4) is 17.0 Å². The van der Waals surface area contributed by atoms with Gasteiger partial charge < -0.3 is 25.5 Å². The number of hydrogen-bond donors (Lipinski definition) is 3. The molecule has 0 aliphatic carbocycles. The maximum atomic E-state index is 6.28. The molecule has 0 saturated carbocycles. The van der Waals surface area contributed by atoms with Crippen LogP contribution in [0.5, 0.6) is 5.75 Å². The minimum Gasteiger partial charge on any atom is -0.495 e. The summed E-state index contributed by atoms with van der Waals surface area (Å²) in [6.07, 6.45) is 5.20. The van der Waals surface area contributed by atoms with Gasteiger partial charge in [-0.25, -0.2) is 14.6 Å². The second-order valence-corrected chi connectivity index (χ2v) is 8.03. The van der Waals surface area contributed by atoms with Crippen LogP contribution in [0.4, 0.5) is 11.5 Å². The van der Waals surface area contributed by atoms with Crippen LogP contribution in [0.15, 0.2) is 41.3 Å². The molecule has 0 amide bonds. The zero-order chi connectivity index (χ0) is 22.1. The zero-order valence-electron chi connectivity index (χ0n) is 18.3. The van der Waals surface area contributed by atoms with E-state index in [0.717, 1.165) is 65.2 Å². The number of nitrogens with two attached hydrogens (primary N) is 1. The Balaban J connectivity index is 1.52. The van der Waals surface area contributed by atoms with Gasteiger partial charge in [-0.15, -0.1) is 0 Å². The zero-order valence-corrected chi connectivity index (χ0v) is 18.3. The summed E-state index contributed by atoms with van der Waals surface area (Å²) in [7, 11) is 1.66. The quantitative estimate of drug-likeness (QED) is 0.423. The molecule has 0 spiro atoms. The first-order valence-corrected chi connectivity index (χ1v) is 10.8. The molecular weight excluding hydrogens is 406 g/mol. The molecule has 0 atom stereocenters. The number of ether oxygens (including phenoxy) is 1. The summed E-state index contributed by atoms with van der Waals surface area (Å²) >= 11 is 0. The Morgan fingerprint density at radius 3 is 2.84 bits per heavy atom. The van der Waals surface area contributed by atoms with Crippen LogP contribution in [-0.4, -0.2) is 39.9 Å². The van der Waals surface area contributed by atoms with E-state index in [1.54, 1.807) is 13.4 Å². The average molecular weight is 434 g/mol. The predicted octanol–water partition coefficient (Wildman–Crippen LogP) is 3.52. The highest BCUT2D eigenvalue weighted by molar-refractivity contribution is 5.98. The summed E-state index contributed by atoms with van der Waals surface area (Å²) in [4.78, 5) is 8.75. The smallest absolute Gasteiger partial charge is 0.164 e. The lowest BCUT2D eigenvalue weighted by Crippen LogP contribution is -2.30. The van der Waals surface area contributed by atoms with Crippen LogP contribution in [0.2, 0.25) is 0 Å². The minimum absolute atomic E-state index is 0.279. The van der Waals surface area contributed by atoms with E-state index in [1.165, 1.54) is 6.33 Å². The number of nitrogens with zero attached hydrogens (tertiary/aromatic N) is 4. The lowest BCUT2D eigenvalue weighted by Gasteiger charge is -2.23. The highest BCUT2D eigenvalue weighted by Gasteiger charge is 2.24. The number of rotatable bonds is 6. The van der Waals surface area contributed by atoms with Crippen LogP contribution >= 0.6 is 0 Å². The van der Waals surface area contributed by atoms with Gasteiger partial charge in [-0.3, -0.25) is 0 Å². The van der Waals surface area contributed by atoms with Gasteiger partial charge in [0.1, 0.15) is 29.3 Å². The monoisotopic (exact) mass is 433 g/mol. The number of piperidine rings is 1. The maximum absolute atomic E-state index is 6.28. The number of nitrogen functional groups attached to an aromatic ring is 1. The second-order valence-electron chi connectivity index (χ2n) is 8.03. The Morgan fingerprint density at radius 2 is 2.09 bits per heavy atom. The van der Waals surface area contributed by atoms with E-state index in [9.17, 15) is 0 Å². The molecule has 0 radical (unpaired) electrons. The van der Waals surface area contributed by atoms with Crippen molar-refractivity contribution in [1.82, 2.24) is 25.1 Å². The molecule has 0 bridgehead atoms. The molecular formula is C23H27N7O2. The number of aryl methyl sites for hydroxylation is 1. The molecule has 166 valence electrons. The number of furan rings is 1. The minimum atomic E-state index is 0.279. The van der Waals surface area contributed by atoms with Gasteiger partial charge in [0.15, 0.2) is 5.65 Å². The van der Waals surface area contributed by atoms with Crippen molar-refractivity contribution in [2.45, 2.75) is 32.4 Å². The fraction of sp³-hybridized carbons (Fsp3) is 0.348. The van der Waals surface area contributed by atoms with Crippen LogP contribution in [-0.2, 0) is 6.54 Å². The summed E-state index contributed by atoms with van der Waals surface area (Å²) < 4.78 is 13.2. The van der Waals surface area contributed by atoms with Gasteiger partial charge in [0, 0.05) is 5.56 Å². The van der Waals surface area contributed by atoms with Gasteiger partial charge in [0.25, 0.3) is 0 Å². The van der Waals surface area contributed by atoms with E-state index < -0.39 is 0 Å². The maximum Gasteiger partial charge on any atom is 0.164 e. The topological polar surface area (TPSA) is 116 Å². The van der Waals surface area contributed by atoms with Crippen molar-refractivity contribution >= 4 is 22.5 Å².